The molecule has 1 aromatic rings. The Bertz CT molecular complexity index is 688. The molecule has 1 aromatic carbocycles. The molecule has 4 atom stereocenters. The molecule has 6 nitrogen and oxygen atoms in total. The molecule has 0 amide bonds. The zero-order chi connectivity index (χ0) is 17.7. The van der Waals surface area contributed by atoms with E-state index in [4.69, 9.17) is 4.74 Å². The van der Waals surface area contributed by atoms with Crippen molar-refractivity contribution < 1.29 is 14.5 Å². The lowest BCUT2D eigenvalue weighted by molar-refractivity contribution is -0.569. The highest BCUT2D eigenvalue weighted by atomic mass is 16.6. The van der Waals surface area contributed by atoms with Crippen LogP contribution in [0.4, 0.5) is 0 Å². The van der Waals surface area contributed by atoms with Crippen LogP contribution in [-0.4, -0.2) is 47.4 Å². The first-order valence-electron chi connectivity index (χ1n) is 9.14. The van der Waals surface area contributed by atoms with Crippen LogP contribution in [0.15, 0.2) is 30.3 Å². The molecule has 0 radical (unpaired) electrons. The first-order valence-corrected chi connectivity index (χ1v) is 9.14. The predicted octanol–water partition coefficient (Wildman–Crippen LogP) is 2.25. The largest absolute Gasteiger partial charge is 0.379 e. The maximum atomic E-state index is 13.9. The van der Waals surface area contributed by atoms with E-state index in [9.17, 15) is 14.9 Å². The monoisotopic (exact) mass is 344 g/mol. The van der Waals surface area contributed by atoms with E-state index < -0.39 is 11.1 Å². The zero-order valence-corrected chi connectivity index (χ0v) is 14.5. The maximum absolute atomic E-state index is 13.9. The molecule has 0 N–H and O–H groups in total. The minimum Gasteiger partial charge on any atom is -0.379 e. The van der Waals surface area contributed by atoms with Gasteiger partial charge in [0.1, 0.15) is 0 Å². The highest BCUT2D eigenvalue weighted by Crippen LogP contribution is 2.59. The molecule has 25 heavy (non-hydrogen) atoms. The van der Waals surface area contributed by atoms with Gasteiger partial charge in [0.15, 0.2) is 0 Å². The molecule has 4 rings (SSSR count). The summed E-state index contributed by atoms with van der Waals surface area (Å²) in [5, 5.41) is 12.3. The van der Waals surface area contributed by atoms with Gasteiger partial charge in [0.05, 0.1) is 18.8 Å². The van der Waals surface area contributed by atoms with E-state index in [1.165, 1.54) is 0 Å². The third kappa shape index (κ3) is 2.01. The minimum absolute atomic E-state index is 0.0312. The van der Waals surface area contributed by atoms with E-state index in [-0.39, 0.29) is 22.5 Å². The standard InChI is InChI=1S/C19H24N2O4/c1-14-16-8-5-9-18(16,20-10-12-25-13-11-20)17(22)19(14,21(23)24)15-6-3-2-4-7-15/h2-4,6-7,14,16H,5,8-13H2,1H3/t14-,16-,18+,19-/m0/s1. The fourth-order valence-corrected chi connectivity index (χ4v) is 5.73. The number of nitro groups is 1. The van der Waals surface area contributed by atoms with Crippen LogP contribution < -0.4 is 0 Å². The topological polar surface area (TPSA) is 72.7 Å². The number of carbonyl (C=O) groups is 1. The summed E-state index contributed by atoms with van der Waals surface area (Å²) in [5.74, 6) is -0.487. The highest BCUT2D eigenvalue weighted by Gasteiger charge is 2.76. The fraction of sp³-hybridized carbons (Fsp3) is 0.632. The van der Waals surface area contributed by atoms with E-state index in [2.05, 4.69) is 4.90 Å². The van der Waals surface area contributed by atoms with Crippen molar-refractivity contribution in [2.45, 2.75) is 37.3 Å². The second kappa shape index (κ2) is 5.88. The summed E-state index contributed by atoms with van der Waals surface area (Å²) in [7, 11) is 0. The van der Waals surface area contributed by atoms with Gasteiger partial charge in [-0.25, -0.2) is 0 Å². The molecule has 6 heteroatoms. The van der Waals surface area contributed by atoms with Crippen LogP contribution in [0.2, 0.25) is 0 Å². The van der Waals surface area contributed by atoms with Crippen LogP contribution in [0, 0.1) is 22.0 Å². The Labute approximate surface area is 147 Å². The predicted molar refractivity (Wildman–Crippen MR) is 91.7 cm³/mol. The highest BCUT2D eigenvalue weighted by molar-refractivity contribution is 6.00. The van der Waals surface area contributed by atoms with Crippen molar-refractivity contribution in [2.24, 2.45) is 11.8 Å². The molecule has 2 saturated carbocycles. The summed E-state index contributed by atoms with van der Waals surface area (Å²) < 4.78 is 5.46. The molecule has 3 fully saturated rings. The molecule has 3 aliphatic rings. The molecule has 0 aromatic heterocycles. The Morgan fingerprint density at radius 2 is 1.92 bits per heavy atom. The van der Waals surface area contributed by atoms with Gasteiger partial charge in [-0.3, -0.25) is 19.8 Å². The number of nitrogens with zero attached hydrogens (tertiary/aromatic N) is 2. The van der Waals surface area contributed by atoms with Crippen molar-refractivity contribution in [2.75, 3.05) is 26.3 Å². The van der Waals surface area contributed by atoms with Gasteiger partial charge in [-0.1, -0.05) is 43.7 Å². The van der Waals surface area contributed by atoms with Crippen molar-refractivity contribution >= 4 is 5.78 Å². The number of Topliss-reactive ketones (excluding diaryl/α,β-unsaturated/α-hetero) is 1. The summed E-state index contributed by atoms with van der Waals surface area (Å²) in [6.45, 7) is 4.45. The van der Waals surface area contributed by atoms with Crippen molar-refractivity contribution in [1.29, 1.82) is 0 Å². The zero-order valence-electron chi connectivity index (χ0n) is 14.5. The Morgan fingerprint density at radius 3 is 2.56 bits per heavy atom. The van der Waals surface area contributed by atoms with E-state index in [0.717, 1.165) is 19.3 Å². The van der Waals surface area contributed by atoms with E-state index in [1.54, 1.807) is 24.3 Å². The van der Waals surface area contributed by atoms with Crippen molar-refractivity contribution in [3.8, 4) is 0 Å². The number of ketones is 1. The van der Waals surface area contributed by atoms with Gasteiger partial charge in [-0.05, 0) is 18.8 Å². The van der Waals surface area contributed by atoms with Crippen molar-refractivity contribution in [3.05, 3.63) is 46.0 Å². The van der Waals surface area contributed by atoms with Gasteiger partial charge < -0.3 is 4.74 Å². The Kier molecular flexibility index (Phi) is 3.92. The minimum atomic E-state index is -1.63. The van der Waals surface area contributed by atoms with Crippen LogP contribution in [0.5, 0.6) is 0 Å². The number of fused-ring (bicyclic) bond motifs is 1. The lowest BCUT2D eigenvalue weighted by Crippen LogP contribution is -2.60. The van der Waals surface area contributed by atoms with E-state index in [0.29, 0.717) is 31.9 Å². The van der Waals surface area contributed by atoms with Crippen molar-refractivity contribution in [1.82, 2.24) is 4.90 Å². The van der Waals surface area contributed by atoms with E-state index >= 15 is 0 Å². The Morgan fingerprint density at radius 1 is 1.24 bits per heavy atom. The van der Waals surface area contributed by atoms with Gasteiger partial charge in [0.2, 0.25) is 5.78 Å². The number of carbonyl (C=O) groups excluding carboxylic acids is 1. The second-order valence-electron chi connectivity index (χ2n) is 7.53. The quantitative estimate of drug-likeness (QED) is 0.621. The normalized spacial score (nSPS) is 38.7. The molecule has 0 bridgehead atoms. The summed E-state index contributed by atoms with van der Waals surface area (Å²) in [6.07, 6.45) is 2.57. The number of benzene rings is 1. The van der Waals surface area contributed by atoms with Gasteiger partial charge in [0.25, 0.3) is 0 Å². The number of hydrogen-bond donors (Lipinski definition) is 0. The molecular formula is C19H24N2O4. The Balaban J connectivity index is 1.88. The van der Waals surface area contributed by atoms with Gasteiger partial charge in [0, 0.05) is 29.5 Å². The van der Waals surface area contributed by atoms with Crippen LogP contribution in [0.25, 0.3) is 0 Å². The number of hydrogen-bond acceptors (Lipinski definition) is 5. The molecule has 0 spiro atoms. The lowest BCUT2D eigenvalue weighted by atomic mass is 9.78. The fourth-order valence-electron chi connectivity index (χ4n) is 5.73. The summed E-state index contributed by atoms with van der Waals surface area (Å²) in [5.41, 5.74) is -1.81. The third-order valence-electron chi connectivity index (χ3n) is 6.77. The first kappa shape index (κ1) is 16.7. The smallest absolute Gasteiger partial charge is 0.308 e. The molecule has 2 aliphatic carbocycles. The maximum Gasteiger partial charge on any atom is 0.308 e. The van der Waals surface area contributed by atoms with E-state index in [1.807, 2.05) is 13.0 Å². The first-order chi connectivity index (χ1) is 12.1. The number of rotatable bonds is 3. The number of ether oxygens (including phenoxy) is 1. The third-order valence-corrected chi connectivity index (χ3v) is 6.77. The molecule has 0 unspecified atom stereocenters. The molecule has 134 valence electrons. The summed E-state index contributed by atoms with van der Waals surface area (Å²) >= 11 is 0. The van der Waals surface area contributed by atoms with Gasteiger partial charge in [-0.15, -0.1) is 0 Å². The van der Waals surface area contributed by atoms with Crippen LogP contribution in [-0.2, 0) is 15.1 Å². The molecule has 1 saturated heterocycles. The molecule has 1 aliphatic heterocycles. The average Bonchev–Trinajstić information content (AvgIpc) is 3.15. The summed E-state index contributed by atoms with van der Waals surface area (Å²) in [6, 6.07) is 8.89. The lowest BCUT2D eigenvalue weighted by Gasteiger charge is -2.42. The van der Waals surface area contributed by atoms with Crippen LogP contribution in [0.3, 0.4) is 0 Å². The second-order valence-corrected chi connectivity index (χ2v) is 7.53. The van der Waals surface area contributed by atoms with Crippen LogP contribution >= 0.6 is 0 Å². The molecular weight excluding hydrogens is 320 g/mol. The Hall–Kier alpha value is -1.79. The van der Waals surface area contributed by atoms with Crippen molar-refractivity contribution in [3.63, 3.8) is 0 Å². The van der Waals surface area contributed by atoms with Gasteiger partial charge in [-0.2, -0.15) is 0 Å². The van der Waals surface area contributed by atoms with Gasteiger partial charge >= 0.3 is 5.54 Å². The summed E-state index contributed by atoms with van der Waals surface area (Å²) in [4.78, 5) is 28.1. The molecule has 1 heterocycles. The van der Waals surface area contributed by atoms with Crippen LogP contribution in [0.1, 0.15) is 31.7 Å². The SMILES string of the molecule is C[C@H]1[C@@H]2CCC[C@]2(N2CCOCC2)C(=O)[C@]1(c1ccccc1)[N+](=O)[O-]. The average molecular weight is 344 g/mol. The number of morpholine rings is 1.